The average Bonchev–Trinajstić information content (AvgIpc) is 2.67. The maximum atomic E-state index is 12.0. The Morgan fingerprint density at radius 3 is 2.33 bits per heavy atom. The van der Waals surface area contributed by atoms with E-state index in [0.29, 0.717) is 6.42 Å². The van der Waals surface area contributed by atoms with Gasteiger partial charge in [-0.1, -0.05) is 72.3 Å². The molecule has 0 aliphatic heterocycles. The van der Waals surface area contributed by atoms with Gasteiger partial charge in [0.15, 0.2) is 0 Å². The molecule has 0 fully saturated rings. The van der Waals surface area contributed by atoms with Crippen LogP contribution in [0, 0.1) is 18.3 Å². The zero-order valence-corrected chi connectivity index (χ0v) is 18.5. The van der Waals surface area contributed by atoms with Gasteiger partial charge in [-0.3, -0.25) is 0 Å². The minimum Gasteiger partial charge on any atom is -0.362 e. The zero-order chi connectivity index (χ0) is 20.5. The summed E-state index contributed by atoms with van der Waals surface area (Å²) in [4.78, 5) is 14.2. The van der Waals surface area contributed by atoms with Crippen LogP contribution in [0.4, 0.5) is 0 Å². The number of carbonyl (C=O) groups excluding carboxylic acids is 1. The molecule has 156 valence electrons. The summed E-state index contributed by atoms with van der Waals surface area (Å²) in [5.41, 5.74) is -0.538. The van der Waals surface area contributed by atoms with Crippen LogP contribution in [-0.4, -0.2) is 30.3 Å². The largest absolute Gasteiger partial charge is 0.362 e. The maximum Gasteiger partial charge on any atom is 0.145 e. The quantitative estimate of drug-likeness (QED) is 0.183. The van der Waals surface area contributed by atoms with Gasteiger partial charge < -0.3 is 15.0 Å². The molecule has 0 rings (SSSR count). The van der Waals surface area contributed by atoms with Crippen molar-refractivity contribution in [3.05, 3.63) is 12.4 Å². The lowest BCUT2D eigenvalue weighted by atomic mass is 9.88. The molecule has 0 aromatic carbocycles. The lowest BCUT2D eigenvalue weighted by Crippen LogP contribution is -2.49. The molecule has 27 heavy (non-hydrogen) atoms. The monoisotopic (exact) mass is 376 g/mol. The van der Waals surface area contributed by atoms with E-state index in [1.807, 2.05) is 0 Å². The van der Waals surface area contributed by atoms with E-state index < -0.39 is 5.54 Å². The standard InChI is InChI=1S/C24H44N2O/c1-7-11-14-19-24(21-27,18-13-9-3)25-22(5)26(6)20-17-23(15-10-4)16-12-8-2/h1,21,23,25H,5,8-20H2,2-4,6H3. The first-order valence-corrected chi connectivity index (χ1v) is 11.1. The van der Waals surface area contributed by atoms with Crippen LogP contribution >= 0.6 is 0 Å². The molecule has 3 heteroatoms. The topological polar surface area (TPSA) is 32.3 Å². The van der Waals surface area contributed by atoms with E-state index in [-0.39, 0.29) is 0 Å². The molecule has 0 saturated carbocycles. The van der Waals surface area contributed by atoms with Gasteiger partial charge in [0.25, 0.3) is 0 Å². The minimum absolute atomic E-state index is 0.538. The summed E-state index contributed by atoms with van der Waals surface area (Å²) in [6.45, 7) is 11.9. The Bertz CT molecular complexity index is 440. The minimum atomic E-state index is -0.538. The van der Waals surface area contributed by atoms with E-state index in [2.05, 4.69) is 50.5 Å². The lowest BCUT2D eigenvalue weighted by molar-refractivity contribution is -0.114. The summed E-state index contributed by atoms with van der Waals surface area (Å²) < 4.78 is 0. The number of carbonyl (C=O) groups is 1. The number of rotatable bonds is 18. The third-order valence-corrected chi connectivity index (χ3v) is 5.54. The van der Waals surface area contributed by atoms with Crippen molar-refractivity contribution in [2.75, 3.05) is 13.6 Å². The summed E-state index contributed by atoms with van der Waals surface area (Å²) in [6, 6.07) is 0. The first kappa shape index (κ1) is 25.6. The van der Waals surface area contributed by atoms with Crippen LogP contribution in [0.3, 0.4) is 0 Å². The average molecular weight is 377 g/mol. The van der Waals surface area contributed by atoms with Gasteiger partial charge in [-0.15, -0.1) is 12.3 Å². The zero-order valence-electron chi connectivity index (χ0n) is 18.5. The highest BCUT2D eigenvalue weighted by Crippen LogP contribution is 2.23. The van der Waals surface area contributed by atoms with Gasteiger partial charge in [0, 0.05) is 20.0 Å². The van der Waals surface area contributed by atoms with Crippen molar-refractivity contribution in [2.45, 2.75) is 103 Å². The van der Waals surface area contributed by atoms with Crippen LogP contribution < -0.4 is 5.32 Å². The predicted octanol–water partition coefficient (Wildman–Crippen LogP) is 5.91. The van der Waals surface area contributed by atoms with E-state index in [1.165, 1.54) is 38.5 Å². The van der Waals surface area contributed by atoms with Crippen LogP contribution in [-0.2, 0) is 4.79 Å². The van der Waals surface area contributed by atoms with Gasteiger partial charge >= 0.3 is 0 Å². The van der Waals surface area contributed by atoms with Crippen LogP contribution in [0.1, 0.15) is 97.8 Å². The van der Waals surface area contributed by atoms with E-state index in [9.17, 15) is 4.79 Å². The molecule has 0 bridgehead atoms. The normalized spacial score (nSPS) is 14.0. The fraction of sp³-hybridized carbons (Fsp3) is 0.792. The van der Waals surface area contributed by atoms with Crippen LogP contribution in [0.25, 0.3) is 0 Å². The van der Waals surface area contributed by atoms with E-state index in [1.54, 1.807) is 0 Å². The molecule has 2 unspecified atom stereocenters. The maximum absolute atomic E-state index is 12.0. The number of nitrogens with one attached hydrogen (secondary N) is 1. The first-order valence-electron chi connectivity index (χ1n) is 11.1. The summed E-state index contributed by atoms with van der Waals surface area (Å²) >= 11 is 0. The summed E-state index contributed by atoms with van der Waals surface area (Å²) in [7, 11) is 2.08. The Balaban J connectivity index is 4.77. The number of unbranched alkanes of at least 4 members (excludes halogenated alkanes) is 3. The Labute approximate surface area is 169 Å². The highest BCUT2D eigenvalue weighted by atomic mass is 16.1. The SMILES string of the molecule is C#CCCCC(C=O)(CCCC)NC(=C)N(C)CCC(CCC)CCCC. The number of hydrogen-bond acceptors (Lipinski definition) is 3. The molecule has 0 heterocycles. The van der Waals surface area contributed by atoms with E-state index >= 15 is 0 Å². The predicted molar refractivity (Wildman–Crippen MR) is 118 cm³/mol. The molecule has 0 radical (unpaired) electrons. The van der Waals surface area contributed by atoms with Crippen molar-refractivity contribution in [3.63, 3.8) is 0 Å². The number of hydrogen-bond donors (Lipinski definition) is 1. The van der Waals surface area contributed by atoms with E-state index in [0.717, 1.165) is 56.7 Å². The third kappa shape index (κ3) is 11.1. The van der Waals surface area contributed by atoms with Crippen molar-refractivity contribution in [1.82, 2.24) is 10.2 Å². The molecule has 0 aliphatic rings. The first-order chi connectivity index (χ1) is 13.0. The van der Waals surface area contributed by atoms with Crippen molar-refractivity contribution >= 4 is 6.29 Å². The summed E-state index contributed by atoms with van der Waals surface area (Å²) in [5.74, 6) is 4.32. The van der Waals surface area contributed by atoms with Crippen LogP contribution in [0.2, 0.25) is 0 Å². The molecule has 0 amide bonds. The molecular weight excluding hydrogens is 332 g/mol. The molecule has 0 spiro atoms. The Kier molecular flexibility index (Phi) is 14.8. The second-order valence-electron chi connectivity index (χ2n) is 8.01. The molecule has 0 aromatic heterocycles. The van der Waals surface area contributed by atoms with Gasteiger partial charge in [0.1, 0.15) is 6.29 Å². The number of nitrogens with zero attached hydrogens (tertiary/aromatic N) is 1. The van der Waals surface area contributed by atoms with Crippen molar-refractivity contribution in [1.29, 1.82) is 0 Å². The second-order valence-corrected chi connectivity index (χ2v) is 8.01. The van der Waals surface area contributed by atoms with Gasteiger partial charge in [0.2, 0.25) is 0 Å². The fourth-order valence-corrected chi connectivity index (χ4v) is 3.62. The molecule has 0 aromatic rings. The lowest BCUT2D eigenvalue weighted by Gasteiger charge is -2.35. The second kappa shape index (κ2) is 15.6. The Hall–Kier alpha value is -1.43. The molecule has 0 saturated heterocycles. The molecular formula is C24H44N2O. The smallest absolute Gasteiger partial charge is 0.145 e. The van der Waals surface area contributed by atoms with E-state index in [4.69, 9.17) is 6.42 Å². The number of aldehydes is 1. The third-order valence-electron chi connectivity index (χ3n) is 5.54. The van der Waals surface area contributed by atoms with Crippen molar-refractivity contribution < 1.29 is 4.79 Å². The molecule has 0 aliphatic carbocycles. The summed E-state index contributed by atoms with van der Waals surface area (Å²) in [5, 5.41) is 3.47. The van der Waals surface area contributed by atoms with Crippen molar-refractivity contribution in [3.8, 4) is 12.3 Å². The van der Waals surface area contributed by atoms with Gasteiger partial charge in [-0.25, -0.2) is 0 Å². The molecule has 2 atom stereocenters. The summed E-state index contributed by atoms with van der Waals surface area (Å²) in [6.07, 6.45) is 19.4. The van der Waals surface area contributed by atoms with Crippen LogP contribution in [0.15, 0.2) is 12.4 Å². The molecule has 1 N–H and O–H groups in total. The molecule has 3 nitrogen and oxygen atoms in total. The van der Waals surface area contributed by atoms with Gasteiger partial charge in [-0.2, -0.15) is 0 Å². The van der Waals surface area contributed by atoms with Gasteiger partial charge in [0.05, 0.1) is 11.4 Å². The Morgan fingerprint density at radius 1 is 1.11 bits per heavy atom. The van der Waals surface area contributed by atoms with Gasteiger partial charge in [-0.05, 0) is 31.6 Å². The highest BCUT2D eigenvalue weighted by Gasteiger charge is 2.29. The number of terminal acetylenes is 1. The van der Waals surface area contributed by atoms with Crippen molar-refractivity contribution in [2.24, 2.45) is 5.92 Å². The van der Waals surface area contributed by atoms with Crippen LogP contribution in [0.5, 0.6) is 0 Å². The fourth-order valence-electron chi connectivity index (χ4n) is 3.62. The highest BCUT2D eigenvalue weighted by molar-refractivity contribution is 5.64. The Morgan fingerprint density at radius 2 is 1.78 bits per heavy atom.